The van der Waals surface area contributed by atoms with E-state index in [1.165, 1.54) is 11.3 Å². The molecule has 0 bridgehead atoms. The Labute approximate surface area is 205 Å². The zero-order chi connectivity index (χ0) is 23.1. The van der Waals surface area contributed by atoms with Gasteiger partial charge in [0.2, 0.25) is 0 Å². The molecule has 0 spiro atoms. The molecule has 3 aromatic rings. The molecule has 33 heavy (non-hydrogen) atoms. The number of aromatic nitrogens is 1. The molecule has 0 atom stereocenters. The van der Waals surface area contributed by atoms with E-state index in [4.69, 9.17) is 19.2 Å². The fourth-order valence-electron chi connectivity index (χ4n) is 3.08. The van der Waals surface area contributed by atoms with E-state index in [9.17, 15) is 4.79 Å². The molecular weight excluding hydrogens is 462 g/mol. The van der Waals surface area contributed by atoms with Crippen LogP contribution in [0.4, 0.5) is 5.13 Å². The van der Waals surface area contributed by atoms with E-state index in [-0.39, 0.29) is 18.3 Å². The molecule has 1 heterocycles. The van der Waals surface area contributed by atoms with Gasteiger partial charge in [0.1, 0.15) is 5.75 Å². The number of hydrogen-bond donors (Lipinski definition) is 0. The fraction of sp³-hybridized carbons (Fsp3) is 0.333. The van der Waals surface area contributed by atoms with E-state index in [1.54, 1.807) is 31.3 Å². The second-order valence-corrected chi connectivity index (χ2v) is 8.31. The van der Waals surface area contributed by atoms with Crippen LogP contribution in [0.2, 0.25) is 0 Å². The van der Waals surface area contributed by atoms with Crippen LogP contribution in [0.1, 0.15) is 12.5 Å². The summed E-state index contributed by atoms with van der Waals surface area (Å²) in [4.78, 5) is 21.6. The molecule has 0 N–H and O–H groups in total. The highest BCUT2D eigenvalue weighted by Gasteiger charge is 2.18. The van der Waals surface area contributed by atoms with Crippen molar-refractivity contribution < 1.29 is 19.0 Å². The van der Waals surface area contributed by atoms with Gasteiger partial charge < -0.3 is 19.1 Å². The molecule has 0 radical (unpaired) electrons. The summed E-state index contributed by atoms with van der Waals surface area (Å²) in [5.74, 6) is 1.92. The minimum atomic E-state index is -0.134. The summed E-state index contributed by atoms with van der Waals surface area (Å²) >= 11 is 1.48. The maximum atomic E-state index is 13.2. The van der Waals surface area contributed by atoms with E-state index in [0.29, 0.717) is 29.8 Å². The Kier molecular flexibility index (Phi) is 9.96. The SMILES string of the molecule is CCOc1ccc2nc(N(CCN(C)C)C(=O)C=Cc3ccc(OC)c(OC)c3)sc2c1.Cl. The van der Waals surface area contributed by atoms with Crippen molar-refractivity contribution in [2.75, 3.05) is 52.9 Å². The highest BCUT2D eigenvalue weighted by molar-refractivity contribution is 7.22. The summed E-state index contributed by atoms with van der Waals surface area (Å²) in [6, 6.07) is 11.3. The highest BCUT2D eigenvalue weighted by Crippen LogP contribution is 2.32. The Balaban J connectivity index is 0.00000385. The van der Waals surface area contributed by atoms with Crippen LogP contribution in [0, 0.1) is 0 Å². The molecular formula is C24H30ClN3O4S. The maximum Gasteiger partial charge on any atom is 0.252 e. The maximum absolute atomic E-state index is 13.2. The number of carbonyl (C=O) groups is 1. The second-order valence-electron chi connectivity index (χ2n) is 7.30. The average Bonchev–Trinajstić information content (AvgIpc) is 3.20. The molecule has 1 aromatic heterocycles. The summed E-state index contributed by atoms with van der Waals surface area (Å²) in [6.45, 7) is 3.80. The number of fused-ring (bicyclic) bond motifs is 1. The minimum absolute atomic E-state index is 0. The van der Waals surface area contributed by atoms with Crippen molar-refractivity contribution >= 4 is 51.1 Å². The van der Waals surface area contributed by atoms with Gasteiger partial charge >= 0.3 is 0 Å². The number of amides is 1. The molecule has 0 aliphatic rings. The van der Waals surface area contributed by atoms with Crippen LogP contribution < -0.4 is 19.1 Å². The lowest BCUT2D eigenvalue weighted by Gasteiger charge is -2.20. The molecule has 0 fully saturated rings. The van der Waals surface area contributed by atoms with Crippen molar-refractivity contribution in [1.82, 2.24) is 9.88 Å². The third kappa shape index (κ3) is 6.83. The van der Waals surface area contributed by atoms with Crippen molar-refractivity contribution in [3.8, 4) is 17.2 Å². The van der Waals surface area contributed by atoms with Gasteiger partial charge in [-0.2, -0.15) is 0 Å². The van der Waals surface area contributed by atoms with Gasteiger partial charge in [0.15, 0.2) is 16.6 Å². The molecule has 9 heteroatoms. The third-order valence-electron chi connectivity index (χ3n) is 4.75. The van der Waals surface area contributed by atoms with Crippen LogP contribution in [0.5, 0.6) is 17.2 Å². The van der Waals surface area contributed by atoms with Gasteiger partial charge in [-0.1, -0.05) is 17.4 Å². The standard InChI is InChI=1S/C24H29N3O4S.ClH/c1-6-31-18-9-10-19-22(16-18)32-24(25-19)27(14-13-26(2)3)23(28)12-8-17-7-11-20(29-4)21(15-17)30-5;/h7-12,15-16H,6,13-14H2,1-5H3;1H. The molecule has 1 amide bonds. The van der Waals surface area contributed by atoms with E-state index in [2.05, 4.69) is 0 Å². The van der Waals surface area contributed by atoms with Gasteiger partial charge in [0.05, 0.1) is 31.0 Å². The quantitative estimate of drug-likeness (QED) is 0.382. The molecule has 7 nitrogen and oxygen atoms in total. The van der Waals surface area contributed by atoms with Crippen LogP contribution in [0.25, 0.3) is 16.3 Å². The van der Waals surface area contributed by atoms with Crippen molar-refractivity contribution in [2.24, 2.45) is 0 Å². The van der Waals surface area contributed by atoms with Crippen molar-refractivity contribution in [3.63, 3.8) is 0 Å². The lowest BCUT2D eigenvalue weighted by atomic mass is 10.2. The molecule has 0 aliphatic carbocycles. The first-order valence-electron chi connectivity index (χ1n) is 10.3. The monoisotopic (exact) mass is 491 g/mol. The van der Waals surface area contributed by atoms with Gasteiger partial charge in [0.25, 0.3) is 5.91 Å². The molecule has 0 aliphatic heterocycles. The number of carbonyl (C=O) groups excluding carboxylic acids is 1. The number of halogens is 1. The first-order chi connectivity index (χ1) is 15.4. The number of hydrogen-bond acceptors (Lipinski definition) is 7. The van der Waals surface area contributed by atoms with Gasteiger partial charge in [-0.15, -0.1) is 12.4 Å². The summed E-state index contributed by atoms with van der Waals surface area (Å²) < 4.78 is 17.2. The number of thiazole rings is 1. The predicted molar refractivity (Wildman–Crippen MR) is 138 cm³/mol. The Morgan fingerprint density at radius 3 is 2.48 bits per heavy atom. The predicted octanol–water partition coefficient (Wildman–Crippen LogP) is 4.74. The topological polar surface area (TPSA) is 64.1 Å². The number of methoxy groups -OCH3 is 2. The van der Waals surface area contributed by atoms with Crippen molar-refractivity contribution in [2.45, 2.75) is 6.92 Å². The molecule has 0 saturated heterocycles. The van der Waals surface area contributed by atoms with Crippen LogP contribution in [0.15, 0.2) is 42.5 Å². The molecule has 3 rings (SSSR count). The van der Waals surface area contributed by atoms with Crippen LogP contribution in [-0.4, -0.2) is 63.8 Å². The zero-order valence-corrected chi connectivity index (χ0v) is 21.2. The van der Waals surface area contributed by atoms with E-state index >= 15 is 0 Å². The van der Waals surface area contributed by atoms with E-state index < -0.39 is 0 Å². The van der Waals surface area contributed by atoms with Gasteiger partial charge in [-0.3, -0.25) is 9.69 Å². The van der Waals surface area contributed by atoms with Gasteiger partial charge in [-0.25, -0.2) is 4.98 Å². The number of nitrogens with zero attached hydrogens (tertiary/aromatic N) is 3. The van der Waals surface area contributed by atoms with Crippen molar-refractivity contribution in [1.29, 1.82) is 0 Å². The Morgan fingerprint density at radius 1 is 1.06 bits per heavy atom. The van der Waals surface area contributed by atoms with E-state index in [0.717, 1.165) is 28.1 Å². The first-order valence-corrected chi connectivity index (χ1v) is 11.2. The number of likely N-dealkylation sites (N-methyl/N-ethyl adjacent to an activating group) is 1. The minimum Gasteiger partial charge on any atom is -0.494 e. The second kappa shape index (κ2) is 12.4. The number of rotatable bonds is 10. The highest BCUT2D eigenvalue weighted by atomic mass is 35.5. The van der Waals surface area contributed by atoms with Crippen LogP contribution in [-0.2, 0) is 4.79 Å². The lowest BCUT2D eigenvalue weighted by Crippen LogP contribution is -2.35. The van der Waals surface area contributed by atoms with Crippen LogP contribution >= 0.6 is 23.7 Å². The third-order valence-corrected chi connectivity index (χ3v) is 5.79. The first kappa shape index (κ1) is 26.4. The van der Waals surface area contributed by atoms with Gasteiger partial charge in [-0.05, 0) is 63.0 Å². The Hall–Kier alpha value is -2.81. The molecule has 178 valence electrons. The summed E-state index contributed by atoms with van der Waals surface area (Å²) in [5.41, 5.74) is 1.69. The molecule has 0 unspecified atom stereocenters. The lowest BCUT2D eigenvalue weighted by molar-refractivity contribution is -0.114. The summed E-state index contributed by atoms with van der Waals surface area (Å²) in [7, 11) is 7.14. The largest absolute Gasteiger partial charge is 0.494 e. The normalized spacial score (nSPS) is 11.0. The Morgan fingerprint density at radius 2 is 1.82 bits per heavy atom. The molecule has 0 saturated carbocycles. The van der Waals surface area contributed by atoms with Crippen molar-refractivity contribution in [3.05, 3.63) is 48.0 Å². The zero-order valence-electron chi connectivity index (χ0n) is 19.5. The van der Waals surface area contributed by atoms with Gasteiger partial charge in [0, 0.05) is 19.2 Å². The number of anilines is 1. The van der Waals surface area contributed by atoms with E-state index in [1.807, 2.05) is 62.3 Å². The number of benzene rings is 2. The average molecular weight is 492 g/mol. The summed E-state index contributed by atoms with van der Waals surface area (Å²) in [5, 5.41) is 0.664. The number of ether oxygens (including phenoxy) is 3. The smallest absolute Gasteiger partial charge is 0.252 e. The fourth-order valence-corrected chi connectivity index (χ4v) is 4.10. The summed E-state index contributed by atoms with van der Waals surface area (Å²) in [6.07, 6.45) is 3.34. The van der Waals surface area contributed by atoms with Crippen LogP contribution in [0.3, 0.4) is 0 Å². The molecule has 2 aromatic carbocycles. The Bertz CT molecular complexity index is 1100.